The van der Waals surface area contributed by atoms with E-state index in [4.69, 9.17) is 0 Å². The molecule has 0 aliphatic carbocycles. The fourth-order valence-electron chi connectivity index (χ4n) is 2.00. The summed E-state index contributed by atoms with van der Waals surface area (Å²) in [6.07, 6.45) is 1.73. The quantitative estimate of drug-likeness (QED) is 0.506. The molecule has 0 fully saturated rings. The molecule has 2 aromatic carbocycles. The van der Waals surface area contributed by atoms with E-state index in [1.165, 1.54) is 6.92 Å². The SMILES string of the molecule is CS(=O)(=O)c1cc(F)cc([N+](=O)[O-])c1.Cc1c(F)cc([N+](=O)[O-])cc1S(C)(=O)=O. The van der Waals surface area contributed by atoms with Crippen LogP contribution in [0.2, 0.25) is 0 Å². The van der Waals surface area contributed by atoms with Crippen LogP contribution in [-0.2, 0) is 19.7 Å². The molecule has 29 heavy (non-hydrogen) atoms. The maximum atomic E-state index is 13.2. The number of nitrogens with zero attached hydrogens (tertiary/aromatic N) is 2. The van der Waals surface area contributed by atoms with Crippen molar-refractivity contribution in [3.8, 4) is 0 Å². The molecule has 2 rings (SSSR count). The van der Waals surface area contributed by atoms with Crippen molar-refractivity contribution < 1.29 is 35.5 Å². The number of benzene rings is 2. The van der Waals surface area contributed by atoms with E-state index in [0.29, 0.717) is 12.1 Å². The topological polar surface area (TPSA) is 155 Å². The second-order valence-electron chi connectivity index (χ2n) is 5.75. The number of non-ortho nitro benzene ring substituents is 2. The van der Waals surface area contributed by atoms with E-state index in [1.54, 1.807) is 0 Å². The largest absolute Gasteiger partial charge is 0.273 e. The second-order valence-corrected chi connectivity index (χ2v) is 9.75. The summed E-state index contributed by atoms with van der Waals surface area (Å²) in [5, 5.41) is 20.7. The summed E-state index contributed by atoms with van der Waals surface area (Å²) in [4.78, 5) is 18.2. The predicted molar refractivity (Wildman–Crippen MR) is 97.1 cm³/mol. The zero-order chi connectivity index (χ0) is 22.7. The van der Waals surface area contributed by atoms with Gasteiger partial charge in [-0.2, -0.15) is 0 Å². The Balaban J connectivity index is 0.000000291. The van der Waals surface area contributed by atoms with Gasteiger partial charge in [0, 0.05) is 30.2 Å². The molecular weight excluding hydrogens is 438 g/mol. The highest BCUT2D eigenvalue weighted by Crippen LogP contribution is 2.24. The predicted octanol–water partition coefficient (Wildman–Crippen LogP) is 2.58. The van der Waals surface area contributed by atoms with Gasteiger partial charge in [0.05, 0.1) is 31.8 Å². The first-order valence-corrected chi connectivity index (χ1v) is 11.1. The summed E-state index contributed by atoms with van der Waals surface area (Å²) in [7, 11) is -7.28. The Bertz CT molecular complexity index is 1200. The van der Waals surface area contributed by atoms with Crippen LogP contribution in [0.4, 0.5) is 20.2 Å². The highest BCUT2D eigenvalue weighted by atomic mass is 32.2. The zero-order valence-electron chi connectivity index (χ0n) is 15.1. The summed E-state index contributed by atoms with van der Waals surface area (Å²) in [5.41, 5.74) is -1.26. The van der Waals surface area contributed by atoms with Gasteiger partial charge in [-0.25, -0.2) is 25.6 Å². The molecule has 0 saturated heterocycles. The van der Waals surface area contributed by atoms with E-state index in [9.17, 15) is 45.8 Å². The molecule has 14 heteroatoms. The summed E-state index contributed by atoms with van der Waals surface area (Å²) in [6.45, 7) is 1.26. The Hall–Kier alpha value is -3.00. The molecule has 0 radical (unpaired) electrons. The zero-order valence-corrected chi connectivity index (χ0v) is 16.8. The molecule has 0 spiro atoms. The molecule has 0 amide bonds. The molecule has 2 aromatic rings. The van der Waals surface area contributed by atoms with Crippen LogP contribution in [0.5, 0.6) is 0 Å². The van der Waals surface area contributed by atoms with Gasteiger partial charge in [0.1, 0.15) is 11.6 Å². The monoisotopic (exact) mass is 452 g/mol. The number of hydrogen-bond acceptors (Lipinski definition) is 8. The Kier molecular flexibility index (Phi) is 7.10. The van der Waals surface area contributed by atoms with Crippen molar-refractivity contribution in [1.82, 2.24) is 0 Å². The molecule has 0 heterocycles. The average Bonchev–Trinajstić information content (AvgIpc) is 2.55. The van der Waals surface area contributed by atoms with E-state index in [-0.39, 0.29) is 10.5 Å². The van der Waals surface area contributed by atoms with Gasteiger partial charge in [-0.05, 0) is 13.0 Å². The molecular formula is C15H14F2N2O8S2. The molecule has 0 unspecified atom stereocenters. The molecule has 158 valence electrons. The van der Waals surface area contributed by atoms with E-state index in [1.807, 2.05) is 0 Å². The fraction of sp³-hybridized carbons (Fsp3) is 0.200. The van der Waals surface area contributed by atoms with Crippen LogP contribution in [0.1, 0.15) is 5.56 Å². The number of rotatable bonds is 4. The smallest absolute Gasteiger partial charge is 0.258 e. The molecule has 0 saturated carbocycles. The third-order valence-corrected chi connectivity index (χ3v) is 5.70. The first-order valence-electron chi connectivity index (χ1n) is 7.33. The highest BCUT2D eigenvalue weighted by molar-refractivity contribution is 7.91. The second kappa shape index (κ2) is 8.57. The molecule has 0 aromatic heterocycles. The van der Waals surface area contributed by atoms with Gasteiger partial charge in [-0.15, -0.1) is 0 Å². The Morgan fingerprint density at radius 1 is 0.793 bits per heavy atom. The molecule has 10 nitrogen and oxygen atoms in total. The fourth-order valence-corrected chi connectivity index (χ4v) is 3.65. The van der Waals surface area contributed by atoms with E-state index in [0.717, 1.165) is 30.7 Å². The number of nitro groups is 2. The normalized spacial score (nSPS) is 11.3. The van der Waals surface area contributed by atoms with Gasteiger partial charge in [-0.3, -0.25) is 20.2 Å². The standard InChI is InChI=1S/C8H8FNO4S.C7H6FNO4S/c1-5-7(9)3-6(10(11)12)4-8(5)15(2,13)14;1-14(12,13)7-3-5(8)2-6(4-7)9(10)11/h3-4H,1-2H3;2-4H,1H3. The minimum atomic E-state index is -3.66. The third-order valence-electron chi connectivity index (χ3n) is 3.39. The van der Waals surface area contributed by atoms with Crippen molar-refractivity contribution in [3.05, 3.63) is 67.8 Å². The minimum Gasteiger partial charge on any atom is -0.258 e. The van der Waals surface area contributed by atoms with Crippen LogP contribution in [0.15, 0.2) is 40.1 Å². The van der Waals surface area contributed by atoms with Crippen LogP contribution in [0.25, 0.3) is 0 Å². The molecule has 0 bridgehead atoms. The van der Waals surface area contributed by atoms with Gasteiger partial charge < -0.3 is 0 Å². The van der Waals surface area contributed by atoms with Crippen LogP contribution in [0.3, 0.4) is 0 Å². The lowest BCUT2D eigenvalue weighted by atomic mass is 10.2. The van der Waals surface area contributed by atoms with Crippen molar-refractivity contribution in [2.24, 2.45) is 0 Å². The van der Waals surface area contributed by atoms with Gasteiger partial charge >= 0.3 is 0 Å². The average molecular weight is 452 g/mol. The first-order chi connectivity index (χ1) is 13.0. The number of sulfone groups is 2. The van der Waals surface area contributed by atoms with Crippen LogP contribution >= 0.6 is 0 Å². The highest BCUT2D eigenvalue weighted by Gasteiger charge is 2.20. The number of nitro benzene ring substituents is 2. The lowest BCUT2D eigenvalue weighted by molar-refractivity contribution is -0.385. The first kappa shape index (κ1) is 24.0. The Labute approximate surface area is 163 Å². The summed E-state index contributed by atoms with van der Waals surface area (Å²) in [5.74, 6) is -1.84. The van der Waals surface area contributed by atoms with Crippen molar-refractivity contribution >= 4 is 31.0 Å². The maximum absolute atomic E-state index is 13.2. The van der Waals surface area contributed by atoms with E-state index < -0.39 is 57.4 Å². The molecule has 0 aliphatic heterocycles. The minimum absolute atomic E-state index is 0.108. The van der Waals surface area contributed by atoms with E-state index >= 15 is 0 Å². The van der Waals surface area contributed by atoms with Crippen LogP contribution in [0, 0.1) is 38.8 Å². The van der Waals surface area contributed by atoms with Crippen molar-refractivity contribution in [2.75, 3.05) is 12.5 Å². The van der Waals surface area contributed by atoms with Crippen molar-refractivity contribution in [1.29, 1.82) is 0 Å². The lowest BCUT2D eigenvalue weighted by Crippen LogP contribution is -2.03. The van der Waals surface area contributed by atoms with Gasteiger partial charge in [-0.1, -0.05) is 0 Å². The Morgan fingerprint density at radius 3 is 1.69 bits per heavy atom. The van der Waals surface area contributed by atoms with Crippen molar-refractivity contribution in [3.63, 3.8) is 0 Å². The summed E-state index contributed by atoms with van der Waals surface area (Å²) >= 11 is 0. The maximum Gasteiger partial charge on any atom is 0.273 e. The van der Waals surface area contributed by atoms with Gasteiger partial charge in [0.15, 0.2) is 19.7 Å². The molecule has 0 atom stereocenters. The van der Waals surface area contributed by atoms with E-state index in [2.05, 4.69) is 0 Å². The third kappa shape index (κ3) is 6.53. The van der Waals surface area contributed by atoms with Gasteiger partial charge in [0.2, 0.25) is 0 Å². The van der Waals surface area contributed by atoms with Crippen LogP contribution < -0.4 is 0 Å². The number of halogens is 2. The summed E-state index contributed by atoms with van der Waals surface area (Å²) in [6, 6.07) is 3.77. The number of hydrogen-bond donors (Lipinski definition) is 0. The lowest BCUT2D eigenvalue weighted by Gasteiger charge is -2.04. The van der Waals surface area contributed by atoms with Crippen LogP contribution in [-0.4, -0.2) is 39.2 Å². The summed E-state index contributed by atoms with van der Waals surface area (Å²) < 4.78 is 70.2. The van der Waals surface area contributed by atoms with Gasteiger partial charge in [0.25, 0.3) is 11.4 Å². The molecule has 0 N–H and O–H groups in total. The Morgan fingerprint density at radius 2 is 1.28 bits per heavy atom. The van der Waals surface area contributed by atoms with Crippen molar-refractivity contribution in [2.45, 2.75) is 16.7 Å². The molecule has 0 aliphatic rings.